The second-order valence-electron chi connectivity index (χ2n) is 5.29. The van der Waals surface area contributed by atoms with Crippen molar-refractivity contribution in [3.63, 3.8) is 0 Å². The molecule has 2 amide bonds. The Morgan fingerprint density at radius 1 is 1.44 bits per heavy atom. The Morgan fingerprint density at radius 2 is 2.06 bits per heavy atom. The van der Waals surface area contributed by atoms with Gasteiger partial charge in [0.05, 0.1) is 12.5 Å². The summed E-state index contributed by atoms with van der Waals surface area (Å²) in [6, 6.07) is -0.278. The first-order valence-electron chi connectivity index (χ1n) is 6.15. The second kappa shape index (κ2) is 6.04. The zero-order valence-corrected chi connectivity index (χ0v) is 11.2. The van der Waals surface area contributed by atoms with Gasteiger partial charge in [0.15, 0.2) is 0 Å². The Bertz CT molecular complexity index is 313. The van der Waals surface area contributed by atoms with Crippen molar-refractivity contribution in [3.05, 3.63) is 0 Å². The molecule has 0 aromatic carbocycles. The van der Waals surface area contributed by atoms with E-state index in [0.717, 1.165) is 12.8 Å². The Balaban J connectivity index is 2.29. The lowest BCUT2D eigenvalue weighted by Gasteiger charge is -2.26. The van der Waals surface area contributed by atoms with Gasteiger partial charge in [0, 0.05) is 19.2 Å². The van der Waals surface area contributed by atoms with Gasteiger partial charge in [0.25, 0.3) is 0 Å². The average Bonchev–Trinajstić information content (AvgIpc) is 3.06. The van der Waals surface area contributed by atoms with Crippen LogP contribution in [0.2, 0.25) is 0 Å². The number of urea groups is 1. The smallest absolute Gasteiger partial charge is 0.315 e. The third-order valence-corrected chi connectivity index (χ3v) is 3.26. The van der Waals surface area contributed by atoms with E-state index in [1.165, 1.54) is 7.11 Å². The second-order valence-corrected chi connectivity index (χ2v) is 5.29. The van der Waals surface area contributed by atoms with Gasteiger partial charge < -0.3 is 20.5 Å². The highest BCUT2D eigenvalue weighted by Crippen LogP contribution is 2.39. The minimum Gasteiger partial charge on any atom is -0.481 e. The first kappa shape index (κ1) is 14.8. The van der Waals surface area contributed by atoms with Crippen LogP contribution in [0.15, 0.2) is 0 Å². The van der Waals surface area contributed by atoms with Gasteiger partial charge in [-0.3, -0.25) is 4.79 Å². The lowest BCUT2D eigenvalue weighted by atomic mass is 9.99. The molecule has 3 N–H and O–H groups in total. The van der Waals surface area contributed by atoms with Gasteiger partial charge in [-0.15, -0.1) is 0 Å². The number of carboxylic acids is 1. The maximum atomic E-state index is 11.7. The molecule has 1 aliphatic carbocycles. The summed E-state index contributed by atoms with van der Waals surface area (Å²) >= 11 is 0. The standard InChI is InChI=1S/C12H22N2O4/c1-12(2,8-4-5-8)14-11(17)13-7-9(18-3)6-10(15)16/h8-9H,4-7H2,1-3H3,(H,15,16)(H2,13,14,17). The van der Waals surface area contributed by atoms with Crippen LogP contribution in [0.25, 0.3) is 0 Å². The Kier molecular flexibility index (Phi) is 4.95. The van der Waals surface area contributed by atoms with Crippen molar-refractivity contribution in [1.82, 2.24) is 10.6 Å². The zero-order chi connectivity index (χ0) is 13.8. The van der Waals surface area contributed by atoms with Gasteiger partial charge in [0.1, 0.15) is 0 Å². The number of ether oxygens (including phenoxy) is 1. The van der Waals surface area contributed by atoms with Crippen LogP contribution in [0.3, 0.4) is 0 Å². The maximum Gasteiger partial charge on any atom is 0.315 e. The number of aliphatic carboxylic acids is 1. The molecule has 1 saturated carbocycles. The number of amides is 2. The van der Waals surface area contributed by atoms with Crippen LogP contribution in [0.4, 0.5) is 4.79 Å². The summed E-state index contributed by atoms with van der Waals surface area (Å²) in [6.07, 6.45) is 1.67. The number of carboxylic acid groups (broad SMARTS) is 1. The number of hydrogen-bond donors (Lipinski definition) is 3. The van der Waals surface area contributed by atoms with Crippen LogP contribution in [0.1, 0.15) is 33.1 Å². The number of carbonyl (C=O) groups excluding carboxylic acids is 1. The van der Waals surface area contributed by atoms with Crippen molar-refractivity contribution < 1.29 is 19.4 Å². The lowest BCUT2D eigenvalue weighted by Crippen LogP contribution is -2.51. The van der Waals surface area contributed by atoms with E-state index in [2.05, 4.69) is 10.6 Å². The van der Waals surface area contributed by atoms with Crippen LogP contribution in [-0.2, 0) is 9.53 Å². The quantitative estimate of drug-likeness (QED) is 0.635. The molecule has 0 aromatic heterocycles. The molecular weight excluding hydrogens is 236 g/mol. The predicted octanol–water partition coefficient (Wildman–Crippen LogP) is 0.964. The number of carbonyl (C=O) groups is 2. The molecule has 104 valence electrons. The molecule has 1 aliphatic rings. The van der Waals surface area contributed by atoms with Crippen molar-refractivity contribution in [2.75, 3.05) is 13.7 Å². The van der Waals surface area contributed by atoms with Gasteiger partial charge in [-0.05, 0) is 32.6 Å². The van der Waals surface area contributed by atoms with Crippen LogP contribution >= 0.6 is 0 Å². The van der Waals surface area contributed by atoms with Gasteiger partial charge in [-0.1, -0.05) is 0 Å². The van der Waals surface area contributed by atoms with Crippen molar-refractivity contribution in [2.24, 2.45) is 5.92 Å². The van der Waals surface area contributed by atoms with Crippen molar-refractivity contribution in [2.45, 2.75) is 44.8 Å². The molecular formula is C12H22N2O4. The Labute approximate surface area is 107 Å². The topological polar surface area (TPSA) is 87.7 Å². The van der Waals surface area contributed by atoms with Crippen molar-refractivity contribution >= 4 is 12.0 Å². The fourth-order valence-electron chi connectivity index (χ4n) is 1.88. The fraction of sp³-hybridized carbons (Fsp3) is 0.833. The molecule has 0 radical (unpaired) electrons. The fourth-order valence-corrected chi connectivity index (χ4v) is 1.88. The summed E-state index contributed by atoms with van der Waals surface area (Å²) in [5.41, 5.74) is -0.209. The number of rotatable bonds is 7. The van der Waals surface area contributed by atoms with E-state index in [4.69, 9.17) is 9.84 Å². The van der Waals surface area contributed by atoms with Gasteiger partial charge in [-0.2, -0.15) is 0 Å². The van der Waals surface area contributed by atoms with Gasteiger partial charge in [0.2, 0.25) is 0 Å². The van der Waals surface area contributed by atoms with Crippen LogP contribution in [0, 0.1) is 5.92 Å². The summed E-state index contributed by atoms with van der Waals surface area (Å²) in [5.74, 6) is -0.400. The van der Waals surface area contributed by atoms with E-state index in [1.807, 2.05) is 13.8 Å². The highest BCUT2D eigenvalue weighted by molar-refractivity contribution is 5.75. The summed E-state index contributed by atoms with van der Waals surface area (Å²) in [4.78, 5) is 22.2. The van der Waals surface area contributed by atoms with Crippen LogP contribution < -0.4 is 10.6 Å². The molecule has 0 spiro atoms. The first-order chi connectivity index (χ1) is 8.35. The van der Waals surface area contributed by atoms with Gasteiger partial charge >= 0.3 is 12.0 Å². The van der Waals surface area contributed by atoms with E-state index >= 15 is 0 Å². The number of methoxy groups -OCH3 is 1. The molecule has 0 saturated heterocycles. The minimum absolute atomic E-state index is 0.122. The molecule has 0 aliphatic heterocycles. The summed E-state index contributed by atoms with van der Waals surface area (Å²) in [5, 5.41) is 14.2. The summed E-state index contributed by atoms with van der Waals surface area (Å²) < 4.78 is 4.98. The van der Waals surface area contributed by atoms with E-state index in [0.29, 0.717) is 5.92 Å². The molecule has 1 atom stereocenters. The summed E-state index contributed by atoms with van der Waals surface area (Å²) in [6.45, 7) is 4.18. The Hall–Kier alpha value is -1.30. The van der Waals surface area contributed by atoms with Gasteiger partial charge in [-0.25, -0.2) is 4.79 Å². The summed E-state index contributed by atoms with van der Waals surface area (Å²) in [7, 11) is 1.43. The zero-order valence-electron chi connectivity index (χ0n) is 11.2. The van der Waals surface area contributed by atoms with E-state index < -0.39 is 12.1 Å². The number of hydrogen-bond acceptors (Lipinski definition) is 3. The minimum atomic E-state index is -0.942. The lowest BCUT2D eigenvalue weighted by molar-refractivity contribution is -0.139. The highest BCUT2D eigenvalue weighted by atomic mass is 16.5. The number of nitrogens with one attached hydrogen (secondary N) is 2. The molecule has 1 fully saturated rings. The average molecular weight is 258 g/mol. The monoisotopic (exact) mass is 258 g/mol. The molecule has 18 heavy (non-hydrogen) atoms. The van der Waals surface area contributed by atoms with Crippen molar-refractivity contribution in [1.29, 1.82) is 0 Å². The molecule has 6 heteroatoms. The largest absolute Gasteiger partial charge is 0.481 e. The SMILES string of the molecule is COC(CNC(=O)NC(C)(C)C1CC1)CC(=O)O. The molecule has 1 unspecified atom stereocenters. The van der Waals surface area contributed by atoms with Crippen LogP contribution in [-0.4, -0.2) is 42.4 Å². The van der Waals surface area contributed by atoms with E-state index in [9.17, 15) is 9.59 Å². The highest BCUT2D eigenvalue weighted by Gasteiger charge is 2.38. The maximum absolute atomic E-state index is 11.7. The molecule has 1 rings (SSSR count). The van der Waals surface area contributed by atoms with E-state index in [1.54, 1.807) is 0 Å². The third-order valence-electron chi connectivity index (χ3n) is 3.26. The van der Waals surface area contributed by atoms with Crippen molar-refractivity contribution in [3.8, 4) is 0 Å². The normalized spacial score (nSPS) is 17.1. The molecule has 0 aromatic rings. The van der Waals surface area contributed by atoms with E-state index in [-0.39, 0.29) is 24.5 Å². The third kappa shape index (κ3) is 4.91. The Morgan fingerprint density at radius 3 is 2.50 bits per heavy atom. The molecule has 6 nitrogen and oxygen atoms in total. The predicted molar refractivity (Wildman–Crippen MR) is 66.4 cm³/mol. The molecule has 0 bridgehead atoms. The first-order valence-corrected chi connectivity index (χ1v) is 6.15. The van der Waals surface area contributed by atoms with Crippen LogP contribution in [0.5, 0.6) is 0 Å². The molecule has 0 heterocycles.